The molecule has 146 valence electrons. The number of thiophene rings is 1. The summed E-state index contributed by atoms with van der Waals surface area (Å²) >= 11 is 1.48. The number of nitrogens with zero attached hydrogens (tertiary/aromatic N) is 1. The third-order valence-electron chi connectivity index (χ3n) is 4.60. The first-order valence-electron chi connectivity index (χ1n) is 8.66. The number of benzene rings is 1. The van der Waals surface area contributed by atoms with Gasteiger partial charge in [0.15, 0.2) is 0 Å². The Morgan fingerprint density at radius 2 is 2.11 bits per heavy atom. The highest BCUT2D eigenvalue weighted by molar-refractivity contribution is 7.18. The molecule has 0 radical (unpaired) electrons. The molecule has 0 spiro atoms. The van der Waals surface area contributed by atoms with Crippen molar-refractivity contribution in [2.45, 2.75) is 38.5 Å². The largest absolute Gasteiger partial charge is 0.457 e. The van der Waals surface area contributed by atoms with E-state index in [4.69, 9.17) is 4.74 Å². The summed E-state index contributed by atoms with van der Waals surface area (Å²) < 4.78 is 43.3. The maximum absolute atomic E-state index is 12.7. The quantitative estimate of drug-likeness (QED) is 0.667. The third-order valence-corrected chi connectivity index (χ3v) is 5.78. The third kappa shape index (κ3) is 3.66. The number of hydrogen-bond acceptors (Lipinski definition) is 5. The second-order valence-corrected chi connectivity index (χ2v) is 7.67. The maximum Gasteiger partial charge on any atom is 0.416 e. The standard InChI is InChI=1S/C19H15F3N2O3S/c20-19(21,22)11-4-1-3-10(7-11)8-15(25)27-9-14-23-17(26)16-12-5-2-6-13(12)28-18(16)24-14/h1,3-4,7H,2,5-6,8-9H2,(H,23,24,26). The van der Waals surface area contributed by atoms with E-state index in [9.17, 15) is 22.8 Å². The number of aryl methyl sites for hydroxylation is 2. The van der Waals surface area contributed by atoms with Gasteiger partial charge in [0.1, 0.15) is 17.3 Å². The number of alkyl halides is 3. The fourth-order valence-corrected chi connectivity index (χ4v) is 4.62. The van der Waals surface area contributed by atoms with Crippen LogP contribution in [0.25, 0.3) is 10.2 Å². The van der Waals surface area contributed by atoms with E-state index < -0.39 is 17.7 Å². The van der Waals surface area contributed by atoms with Gasteiger partial charge in [0.2, 0.25) is 0 Å². The zero-order chi connectivity index (χ0) is 19.9. The Bertz CT molecular complexity index is 1120. The molecule has 2 heterocycles. The monoisotopic (exact) mass is 408 g/mol. The Morgan fingerprint density at radius 1 is 1.29 bits per heavy atom. The second-order valence-electron chi connectivity index (χ2n) is 6.59. The van der Waals surface area contributed by atoms with Crippen molar-refractivity contribution >= 4 is 27.5 Å². The van der Waals surface area contributed by atoms with Crippen LogP contribution >= 0.6 is 11.3 Å². The first-order valence-corrected chi connectivity index (χ1v) is 9.48. The summed E-state index contributed by atoms with van der Waals surface area (Å²) in [5.74, 6) is -0.481. The molecule has 4 rings (SSSR count). The summed E-state index contributed by atoms with van der Waals surface area (Å²) in [6.45, 7) is -0.245. The number of ether oxygens (including phenoxy) is 1. The summed E-state index contributed by atoms with van der Waals surface area (Å²) in [4.78, 5) is 33.1. The highest BCUT2D eigenvalue weighted by Crippen LogP contribution is 2.34. The predicted octanol–water partition coefficient (Wildman–Crippen LogP) is 3.78. The smallest absolute Gasteiger partial charge is 0.416 e. The minimum atomic E-state index is -4.47. The molecule has 1 aliphatic carbocycles. The topological polar surface area (TPSA) is 72.0 Å². The fraction of sp³-hybridized carbons (Fsp3) is 0.316. The van der Waals surface area contributed by atoms with Gasteiger partial charge >= 0.3 is 12.1 Å². The van der Waals surface area contributed by atoms with E-state index in [1.807, 2.05) is 0 Å². The van der Waals surface area contributed by atoms with Crippen molar-refractivity contribution in [2.24, 2.45) is 0 Å². The van der Waals surface area contributed by atoms with Gasteiger partial charge in [-0.05, 0) is 36.5 Å². The molecule has 0 amide bonds. The fourth-order valence-electron chi connectivity index (χ4n) is 3.34. The lowest BCUT2D eigenvalue weighted by molar-refractivity contribution is -0.144. The Morgan fingerprint density at radius 3 is 2.89 bits per heavy atom. The molecule has 5 nitrogen and oxygen atoms in total. The number of hydrogen-bond donors (Lipinski definition) is 1. The van der Waals surface area contributed by atoms with Gasteiger partial charge in [-0.25, -0.2) is 4.98 Å². The van der Waals surface area contributed by atoms with Crippen molar-refractivity contribution in [1.29, 1.82) is 0 Å². The Balaban J connectivity index is 1.45. The zero-order valence-electron chi connectivity index (χ0n) is 14.6. The van der Waals surface area contributed by atoms with Crippen molar-refractivity contribution in [2.75, 3.05) is 0 Å². The van der Waals surface area contributed by atoms with Gasteiger partial charge in [0.25, 0.3) is 5.56 Å². The average Bonchev–Trinajstić information content (AvgIpc) is 3.20. The van der Waals surface area contributed by atoms with Crippen molar-refractivity contribution < 1.29 is 22.7 Å². The van der Waals surface area contributed by atoms with E-state index >= 15 is 0 Å². The molecule has 0 saturated heterocycles. The highest BCUT2D eigenvalue weighted by Gasteiger charge is 2.30. The SMILES string of the molecule is O=C(Cc1cccc(C(F)(F)F)c1)OCc1nc2sc3c(c2c(=O)[nH]1)CCC3. The number of aromatic amines is 1. The van der Waals surface area contributed by atoms with Crippen molar-refractivity contribution in [3.63, 3.8) is 0 Å². The Hall–Kier alpha value is -2.68. The molecule has 1 N–H and O–H groups in total. The molecular formula is C19H15F3N2O3S. The van der Waals surface area contributed by atoms with Crippen molar-refractivity contribution in [3.8, 4) is 0 Å². The summed E-state index contributed by atoms with van der Waals surface area (Å²) in [6, 6.07) is 4.53. The van der Waals surface area contributed by atoms with Crippen LogP contribution in [-0.4, -0.2) is 15.9 Å². The number of halogens is 3. The first-order chi connectivity index (χ1) is 13.3. The van der Waals surface area contributed by atoms with Gasteiger partial charge in [-0.1, -0.05) is 18.2 Å². The van der Waals surface area contributed by atoms with Crippen LogP contribution in [-0.2, 0) is 41.6 Å². The lowest BCUT2D eigenvalue weighted by atomic mass is 10.1. The van der Waals surface area contributed by atoms with E-state index in [0.717, 1.165) is 37.0 Å². The van der Waals surface area contributed by atoms with Crippen LogP contribution < -0.4 is 5.56 Å². The van der Waals surface area contributed by atoms with Crippen LogP contribution in [0.3, 0.4) is 0 Å². The molecule has 9 heteroatoms. The van der Waals surface area contributed by atoms with Crippen LogP contribution in [0.4, 0.5) is 13.2 Å². The zero-order valence-corrected chi connectivity index (χ0v) is 15.4. The van der Waals surface area contributed by atoms with Crippen LogP contribution in [0.5, 0.6) is 0 Å². The molecule has 0 bridgehead atoms. The molecule has 1 aliphatic rings. The van der Waals surface area contributed by atoms with Crippen LogP contribution in [0.2, 0.25) is 0 Å². The van der Waals surface area contributed by atoms with Crippen molar-refractivity contribution in [1.82, 2.24) is 9.97 Å². The number of esters is 1. The molecule has 28 heavy (non-hydrogen) atoms. The summed E-state index contributed by atoms with van der Waals surface area (Å²) in [5, 5.41) is 0.608. The normalized spacial score (nSPS) is 13.7. The molecular weight excluding hydrogens is 393 g/mol. The molecule has 2 aromatic heterocycles. The minimum absolute atomic E-state index is 0.200. The summed E-state index contributed by atoms with van der Waals surface area (Å²) in [5.41, 5.74) is 0.182. The predicted molar refractivity (Wildman–Crippen MR) is 97.2 cm³/mol. The van der Waals surface area contributed by atoms with Gasteiger partial charge in [0.05, 0.1) is 17.4 Å². The van der Waals surface area contributed by atoms with E-state index in [-0.39, 0.29) is 30.0 Å². The number of nitrogens with one attached hydrogen (secondary N) is 1. The summed E-state index contributed by atoms with van der Waals surface area (Å²) in [7, 11) is 0. The molecule has 0 fully saturated rings. The van der Waals surface area contributed by atoms with Gasteiger partial charge in [-0.2, -0.15) is 13.2 Å². The number of aromatic nitrogens is 2. The lowest BCUT2D eigenvalue weighted by Crippen LogP contribution is -2.15. The average molecular weight is 408 g/mol. The number of rotatable bonds is 4. The van der Waals surface area contributed by atoms with Crippen LogP contribution in [0.15, 0.2) is 29.1 Å². The Labute approximate surface area is 161 Å². The second kappa shape index (κ2) is 7.05. The summed E-state index contributed by atoms with van der Waals surface area (Å²) in [6.07, 6.45) is -1.93. The molecule has 0 aliphatic heterocycles. The highest BCUT2D eigenvalue weighted by atomic mass is 32.1. The van der Waals surface area contributed by atoms with E-state index in [1.54, 1.807) is 0 Å². The van der Waals surface area contributed by atoms with Crippen molar-refractivity contribution in [3.05, 3.63) is 62.0 Å². The lowest BCUT2D eigenvalue weighted by Gasteiger charge is -2.09. The maximum atomic E-state index is 12.7. The van der Waals surface area contributed by atoms with E-state index in [2.05, 4.69) is 9.97 Å². The van der Waals surface area contributed by atoms with Crippen LogP contribution in [0.1, 0.15) is 33.8 Å². The molecule has 3 aromatic rings. The molecule has 1 aromatic carbocycles. The van der Waals surface area contributed by atoms with Gasteiger partial charge in [0, 0.05) is 4.88 Å². The molecule has 0 atom stereocenters. The van der Waals surface area contributed by atoms with Gasteiger partial charge in [-0.3, -0.25) is 9.59 Å². The number of fused-ring (bicyclic) bond motifs is 3. The number of carbonyl (C=O) groups is 1. The van der Waals surface area contributed by atoms with Crippen LogP contribution in [0, 0.1) is 0 Å². The molecule has 0 unspecified atom stereocenters. The van der Waals surface area contributed by atoms with E-state index in [0.29, 0.717) is 10.2 Å². The Kier molecular flexibility index (Phi) is 4.70. The van der Waals surface area contributed by atoms with E-state index in [1.165, 1.54) is 28.3 Å². The first kappa shape index (κ1) is 18.7. The number of carbonyl (C=O) groups excluding carboxylic acids is 1. The number of H-pyrrole nitrogens is 1. The van der Waals surface area contributed by atoms with Gasteiger partial charge < -0.3 is 9.72 Å². The van der Waals surface area contributed by atoms with Gasteiger partial charge in [-0.15, -0.1) is 11.3 Å². The molecule has 0 saturated carbocycles. The minimum Gasteiger partial charge on any atom is -0.457 e.